The van der Waals surface area contributed by atoms with E-state index in [1.54, 1.807) is 0 Å². The SMILES string of the molecule is C#CC[Si]. The minimum atomic E-state index is 0.653. The van der Waals surface area contributed by atoms with Gasteiger partial charge in [0.2, 0.25) is 0 Å². The summed E-state index contributed by atoms with van der Waals surface area (Å²) in [5.74, 6) is 2.34. The maximum Gasteiger partial charge on any atom is 0.0396 e. The average Bonchev–Trinajstić information content (AvgIpc) is 1.37. The van der Waals surface area contributed by atoms with Crippen LogP contribution in [0.2, 0.25) is 6.04 Å². The van der Waals surface area contributed by atoms with Gasteiger partial charge in [0.1, 0.15) is 0 Å². The van der Waals surface area contributed by atoms with Crippen LogP contribution in [0.25, 0.3) is 0 Å². The maximum atomic E-state index is 4.73. The van der Waals surface area contributed by atoms with E-state index in [1.165, 1.54) is 0 Å². The van der Waals surface area contributed by atoms with Crippen LogP contribution >= 0.6 is 0 Å². The molecule has 0 aromatic rings. The van der Waals surface area contributed by atoms with E-state index >= 15 is 0 Å². The van der Waals surface area contributed by atoms with E-state index in [9.17, 15) is 0 Å². The molecule has 0 spiro atoms. The van der Waals surface area contributed by atoms with Crippen LogP contribution in [0.5, 0.6) is 0 Å². The van der Waals surface area contributed by atoms with Crippen LogP contribution in [0.15, 0.2) is 0 Å². The lowest BCUT2D eigenvalue weighted by Gasteiger charge is -1.51. The van der Waals surface area contributed by atoms with E-state index in [4.69, 9.17) is 6.42 Å². The second-order valence-electron chi connectivity index (χ2n) is 0.381. The summed E-state index contributed by atoms with van der Waals surface area (Å²) in [6.07, 6.45) is 4.73. The normalized spacial score (nSPS) is 5.00. The minimum Gasteiger partial charge on any atom is -0.120 e. The highest BCUT2D eigenvalue weighted by Crippen LogP contribution is 1.52. The van der Waals surface area contributed by atoms with Gasteiger partial charge in [-0.3, -0.25) is 0 Å². The van der Waals surface area contributed by atoms with Crippen LogP contribution in [0.3, 0.4) is 0 Å². The quantitative estimate of drug-likeness (QED) is 0.280. The molecule has 0 fully saturated rings. The van der Waals surface area contributed by atoms with Crippen molar-refractivity contribution in [1.82, 2.24) is 0 Å². The maximum absolute atomic E-state index is 4.73. The third kappa shape index (κ3) is 1.78. The Balaban J connectivity index is 2.43. The molecule has 0 aliphatic heterocycles. The predicted molar refractivity (Wildman–Crippen MR) is 19.4 cm³/mol. The van der Waals surface area contributed by atoms with Gasteiger partial charge in [0, 0.05) is 10.2 Å². The first-order valence-corrected chi connectivity index (χ1v) is 1.70. The van der Waals surface area contributed by atoms with Gasteiger partial charge in [-0.25, -0.2) is 0 Å². The number of rotatable bonds is 0. The molecule has 19 valence electrons. The lowest BCUT2D eigenvalue weighted by molar-refractivity contribution is 1.89. The molecule has 0 N–H and O–H groups in total. The van der Waals surface area contributed by atoms with Crippen LogP contribution in [-0.4, -0.2) is 10.2 Å². The summed E-state index contributed by atoms with van der Waals surface area (Å²) in [6, 6.07) is 0.653. The Hall–Kier alpha value is -0.223. The van der Waals surface area contributed by atoms with Gasteiger partial charge in [0.05, 0.1) is 0 Å². The molecule has 1 heteroatoms. The highest BCUT2D eigenvalue weighted by Gasteiger charge is 1.45. The van der Waals surface area contributed by atoms with Gasteiger partial charge < -0.3 is 0 Å². The molecular weight excluding hydrogens is 64.1 g/mol. The Morgan fingerprint density at radius 1 is 2.00 bits per heavy atom. The van der Waals surface area contributed by atoms with E-state index < -0.39 is 0 Å². The third-order valence-corrected chi connectivity index (χ3v) is 0.306. The fraction of sp³-hybridized carbons (Fsp3) is 0.333. The van der Waals surface area contributed by atoms with Crippen molar-refractivity contribution in [3.05, 3.63) is 0 Å². The number of hydrogen-bond acceptors (Lipinski definition) is 0. The smallest absolute Gasteiger partial charge is 0.0396 e. The van der Waals surface area contributed by atoms with E-state index in [2.05, 4.69) is 16.2 Å². The molecule has 0 aliphatic rings. The zero-order valence-corrected chi connectivity index (χ0v) is 3.28. The molecule has 0 amide bonds. The summed E-state index contributed by atoms with van der Waals surface area (Å²) in [6.45, 7) is 0. The molecule has 0 unspecified atom stereocenters. The highest BCUT2D eigenvalue weighted by molar-refractivity contribution is 6.10. The second-order valence-corrected chi connectivity index (χ2v) is 0.734. The monoisotopic (exact) mass is 67.0 g/mol. The molecule has 3 radical (unpaired) electrons. The van der Waals surface area contributed by atoms with Crippen LogP contribution in [0.1, 0.15) is 0 Å². The minimum absolute atomic E-state index is 0.653. The Bertz CT molecular complexity index is 33.0. The van der Waals surface area contributed by atoms with Crippen LogP contribution in [0, 0.1) is 12.3 Å². The van der Waals surface area contributed by atoms with Gasteiger partial charge >= 0.3 is 0 Å². The van der Waals surface area contributed by atoms with E-state index in [0.29, 0.717) is 6.04 Å². The lowest BCUT2D eigenvalue weighted by atomic mass is 10.8. The Kier molecular flexibility index (Phi) is 2.62. The highest BCUT2D eigenvalue weighted by atomic mass is 28.1. The van der Waals surface area contributed by atoms with Crippen molar-refractivity contribution in [3.8, 4) is 12.3 Å². The van der Waals surface area contributed by atoms with Crippen molar-refractivity contribution in [2.24, 2.45) is 0 Å². The summed E-state index contributed by atoms with van der Waals surface area (Å²) in [5, 5.41) is 0. The molecule has 0 aliphatic carbocycles. The lowest BCUT2D eigenvalue weighted by Crippen LogP contribution is -1.48. The number of terminal acetylenes is 1. The topological polar surface area (TPSA) is 0 Å². The van der Waals surface area contributed by atoms with E-state index in [-0.39, 0.29) is 0 Å². The summed E-state index contributed by atoms with van der Waals surface area (Å²) >= 11 is 0. The van der Waals surface area contributed by atoms with Crippen molar-refractivity contribution in [3.63, 3.8) is 0 Å². The standard InChI is InChI=1S/C3H3Si/c1-2-3-4/h1H,3H2. The van der Waals surface area contributed by atoms with Crippen molar-refractivity contribution in [2.45, 2.75) is 6.04 Å². The van der Waals surface area contributed by atoms with Gasteiger partial charge in [-0.2, -0.15) is 0 Å². The molecular formula is C3H3Si. The Morgan fingerprint density at radius 2 is 2.25 bits per heavy atom. The van der Waals surface area contributed by atoms with Gasteiger partial charge in [-0.15, -0.1) is 12.3 Å². The van der Waals surface area contributed by atoms with E-state index in [1.807, 2.05) is 0 Å². The molecule has 0 saturated heterocycles. The molecule has 0 aromatic carbocycles. The van der Waals surface area contributed by atoms with Gasteiger partial charge in [0.15, 0.2) is 0 Å². The van der Waals surface area contributed by atoms with Crippen molar-refractivity contribution in [2.75, 3.05) is 0 Å². The Morgan fingerprint density at radius 3 is 2.25 bits per heavy atom. The average molecular weight is 67.1 g/mol. The van der Waals surface area contributed by atoms with Gasteiger partial charge in [-0.05, 0) is 6.04 Å². The molecule has 0 rings (SSSR count). The first kappa shape index (κ1) is 3.78. The third-order valence-electron chi connectivity index (χ3n) is 0.102. The number of hydrogen-bond donors (Lipinski definition) is 0. The molecule has 0 nitrogen and oxygen atoms in total. The van der Waals surface area contributed by atoms with E-state index in [0.717, 1.165) is 0 Å². The molecule has 0 aromatic heterocycles. The fourth-order valence-electron chi connectivity index (χ4n) is 0. The van der Waals surface area contributed by atoms with Gasteiger partial charge in [-0.1, -0.05) is 0 Å². The molecule has 0 saturated carbocycles. The Labute approximate surface area is 29.6 Å². The summed E-state index contributed by atoms with van der Waals surface area (Å²) < 4.78 is 0. The summed E-state index contributed by atoms with van der Waals surface area (Å²) in [7, 11) is 3.05. The molecule has 0 bridgehead atoms. The van der Waals surface area contributed by atoms with Crippen molar-refractivity contribution in [1.29, 1.82) is 0 Å². The largest absolute Gasteiger partial charge is 0.120 e. The first-order chi connectivity index (χ1) is 1.91. The van der Waals surface area contributed by atoms with Gasteiger partial charge in [0.25, 0.3) is 0 Å². The molecule has 4 heavy (non-hydrogen) atoms. The first-order valence-electron chi connectivity index (χ1n) is 0.996. The van der Waals surface area contributed by atoms with Crippen LogP contribution in [-0.2, 0) is 0 Å². The predicted octanol–water partition coefficient (Wildman–Crippen LogP) is 0.206. The van der Waals surface area contributed by atoms with Crippen LogP contribution < -0.4 is 0 Å². The summed E-state index contributed by atoms with van der Waals surface area (Å²) in [5.41, 5.74) is 0. The van der Waals surface area contributed by atoms with Crippen molar-refractivity contribution >= 4 is 10.2 Å². The second kappa shape index (κ2) is 2.78. The summed E-state index contributed by atoms with van der Waals surface area (Å²) in [4.78, 5) is 0. The zero-order chi connectivity index (χ0) is 3.41. The molecule has 0 heterocycles. The van der Waals surface area contributed by atoms with Crippen LogP contribution in [0.4, 0.5) is 0 Å². The fourth-order valence-corrected chi connectivity index (χ4v) is 0. The van der Waals surface area contributed by atoms with Crippen molar-refractivity contribution < 1.29 is 0 Å². The zero-order valence-electron chi connectivity index (χ0n) is 2.28. The molecule has 0 atom stereocenters.